The summed E-state index contributed by atoms with van der Waals surface area (Å²) < 4.78 is 22.8. The second-order valence-electron chi connectivity index (χ2n) is 11.0. The Bertz CT molecular complexity index is 799. The van der Waals surface area contributed by atoms with Crippen LogP contribution in [0.1, 0.15) is 60.3 Å². The Morgan fingerprint density at radius 3 is 2.17 bits per heavy atom. The van der Waals surface area contributed by atoms with Crippen LogP contribution in [0.5, 0.6) is 0 Å². The molecule has 0 aromatic carbocycles. The van der Waals surface area contributed by atoms with Gasteiger partial charge >= 0.3 is 0 Å². The summed E-state index contributed by atoms with van der Waals surface area (Å²) >= 11 is 0. The number of Topliss-reactive ketones (excluding diaryl/α,β-unsaturated/α-hetero) is 1. The average Bonchev–Trinajstić information content (AvgIpc) is 2.79. The molecular formula is C25H42O11. The lowest BCUT2D eigenvalue weighted by molar-refractivity contribution is -0.334. The molecule has 11 unspecified atom stereocenters. The molecule has 6 N–H and O–H groups in total. The quantitative estimate of drug-likeness (QED) is 0.229. The van der Waals surface area contributed by atoms with E-state index in [1.807, 2.05) is 6.92 Å². The summed E-state index contributed by atoms with van der Waals surface area (Å²) in [7, 11) is 0. The Morgan fingerprint density at radius 1 is 0.944 bits per heavy atom. The van der Waals surface area contributed by atoms with Gasteiger partial charge < -0.3 is 54.4 Å². The zero-order valence-electron chi connectivity index (χ0n) is 21.6. The molecular weight excluding hydrogens is 476 g/mol. The zero-order chi connectivity index (χ0) is 26.9. The molecule has 0 saturated carbocycles. The standard InChI is InChI=1S/C25H42O11/c1-11-8-14(9-25(4,5)15(11)7-6-12(2)26)35-24-22(32)20(30)18(28)16(36-24)10-33-23-21(31)19(29)17(27)13(3)34-23/h13-14,16-24,27-32H,6-10H2,1-5H3. The topological polar surface area (TPSA) is 175 Å². The number of carbonyl (C=O) groups is 1. The molecule has 1 aliphatic carbocycles. The van der Waals surface area contributed by atoms with Gasteiger partial charge in [0.15, 0.2) is 12.6 Å². The van der Waals surface area contributed by atoms with Crippen LogP contribution in [0.25, 0.3) is 0 Å². The largest absolute Gasteiger partial charge is 0.388 e. The van der Waals surface area contributed by atoms with Gasteiger partial charge in [0.1, 0.15) is 48.5 Å². The van der Waals surface area contributed by atoms with E-state index in [-0.39, 0.29) is 23.9 Å². The second-order valence-corrected chi connectivity index (χ2v) is 11.0. The van der Waals surface area contributed by atoms with Gasteiger partial charge in [-0.2, -0.15) is 0 Å². The monoisotopic (exact) mass is 518 g/mol. The lowest BCUT2D eigenvalue weighted by Gasteiger charge is -2.45. The van der Waals surface area contributed by atoms with Gasteiger partial charge in [-0.3, -0.25) is 0 Å². The second kappa shape index (κ2) is 11.8. The van der Waals surface area contributed by atoms with E-state index in [9.17, 15) is 35.4 Å². The Hall–Kier alpha value is -0.990. The highest BCUT2D eigenvalue weighted by Crippen LogP contribution is 2.44. The Labute approximate surface area is 211 Å². The molecule has 2 saturated heterocycles. The van der Waals surface area contributed by atoms with E-state index in [1.165, 1.54) is 12.5 Å². The summed E-state index contributed by atoms with van der Waals surface area (Å²) in [6, 6.07) is 0. The number of allylic oxidation sites excluding steroid dienone is 1. The van der Waals surface area contributed by atoms with Gasteiger partial charge in [-0.15, -0.1) is 0 Å². The number of aliphatic hydroxyl groups excluding tert-OH is 6. The Morgan fingerprint density at radius 2 is 1.56 bits per heavy atom. The summed E-state index contributed by atoms with van der Waals surface area (Å²) in [6.45, 7) is 8.91. The van der Waals surface area contributed by atoms with Crippen LogP contribution in [-0.4, -0.2) is 111 Å². The molecule has 208 valence electrons. The maximum absolute atomic E-state index is 11.5. The van der Waals surface area contributed by atoms with Crippen molar-refractivity contribution < 1.29 is 54.4 Å². The molecule has 11 heteroatoms. The predicted molar refractivity (Wildman–Crippen MR) is 125 cm³/mol. The molecule has 2 heterocycles. The van der Waals surface area contributed by atoms with E-state index >= 15 is 0 Å². The van der Waals surface area contributed by atoms with Crippen LogP contribution in [0.4, 0.5) is 0 Å². The van der Waals surface area contributed by atoms with Crippen molar-refractivity contribution in [2.75, 3.05) is 6.61 Å². The van der Waals surface area contributed by atoms with Gasteiger partial charge in [-0.25, -0.2) is 0 Å². The number of ketones is 1. The van der Waals surface area contributed by atoms with E-state index in [4.69, 9.17) is 18.9 Å². The zero-order valence-corrected chi connectivity index (χ0v) is 21.6. The summed E-state index contributed by atoms with van der Waals surface area (Å²) in [5.41, 5.74) is 2.10. The van der Waals surface area contributed by atoms with Crippen LogP contribution < -0.4 is 0 Å². The van der Waals surface area contributed by atoms with Crippen molar-refractivity contribution in [2.24, 2.45) is 5.41 Å². The van der Waals surface area contributed by atoms with E-state index in [0.29, 0.717) is 25.7 Å². The third-order valence-electron chi connectivity index (χ3n) is 7.56. The molecule has 0 amide bonds. The van der Waals surface area contributed by atoms with Crippen molar-refractivity contribution in [3.63, 3.8) is 0 Å². The predicted octanol–water partition coefficient (Wildman–Crippen LogP) is -0.471. The molecule has 0 aromatic rings. The van der Waals surface area contributed by atoms with E-state index in [0.717, 1.165) is 5.57 Å². The first-order chi connectivity index (χ1) is 16.7. The normalized spacial score (nSPS) is 43.5. The summed E-state index contributed by atoms with van der Waals surface area (Å²) in [6.07, 6.45) is -11.3. The average molecular weight is 519 g/mol. The fraction of sp³-hybridized carbons (Fsp3) is 0.880. The first-order valence-electron chi connectivity index (χ1n) is 12.6. The minimum Gasteiger partial charge on any atom is -0.388 e. The Kier molecular flexibility index (Phi) is 9.70. The lowest BCUT2D eigenvalue weighted by Crippen LogP contribution is -2.61. The highest BCUT2D eigenvalue weighted by molar-refractivity contribution is 5.75. The van der Waals surface area contributed by atoms with Crippen molar-refractivity contribution >= 4 is 5.78 Å². The number of hydrogen-bond donors (Lipinski definition) is 6. The number of carbonyl (C=O) groups excluding carboxylic acids is 1. The first-order valence-corrected chi connectivity index (χ1v) is 12.6. The van der Waals surface area contributed by atoms with Gasteiger partial charge in [-0.1, -0.05) is 25.0 Å². The van der Waals surface area contributed by atoms with Crippen molar-refractivity contribution in [1.29, 1.82) is 0 Å². The molecule has 11 atom stereocenters. The Balaban J connectivity index is 1.64. The molecule has 3 rings (SSSR count). The molecule has 0 bridgehead atoms. The van der Waals surface area contributed by atoms with E-state index in [2.05, 4.69) is 13.8 Å². The molecule has 0 spiro atoms. The van der Waals surface area contributed by atoms with Crippen molar-refractivity contribution in [2.45, 2.75) is 128 Å². The molecule has 3 aliphatic rings. The van der Waals surface area contributed by atoms with Crippen molar-refractivity contribution in [1.82, 2.24) is 0 Å². The molecule has 2 fully saturated rings. The number of rotatable bonds is 8. The summed E-state index contributed by atoms with van der Waals surface area (Å²) in [4.78, 5) is 11.5. The van der Waals surface area contributed by atoms with Crippen LogP contribution in [0, 0.1) is 5.41 Å². The third kappa shape index (κ3) is 6.52. The maximum atomic E-state index is 11.5. The van der Waals surface area contributed by atoms with Crippen LogP contribution >= 0.6 is 0 Å². The molecule has 0 radical (unpaired) electrons. The van der Waals surface area contributed by atoms with Crippen LogP contribution in [0.2, 0.25) is 0 Å². The fourth-order valence-electron chi connectivity index (χ4n) is 5.45. The summed E-state index contributed by atoms with van der Waals surface area (Å²) in [5.74, 6) is 0.135. The third-order valence-corrected chi connectivity index (χ3v) is 7.56. The van der Waals surface area contributed by atoms with E-state index in [1.54, 1.807) is 6.92 Å². The van der Waals surface area contributed by atoms with Gasteiger partial charge in [-0.05, 0) is 45.4 Å². The van der Waals surface area contributed by atoms with Gasteiger partial charge in [0.05, 0.1) is 18.8 Å². The highest BCUT2D eigenvalue weighted by Gasteiger charge is 2.48. The minimum atomic E-state index is -1.57. The van der Waals surface area contributed by atoms with E-state index < -0.39 is 61.4 Å². The number of hydrogen-bond acceptors (Lipinski definition) is 11. The smallest absolute Gasteiger partial charge is 0.186 e. The molecule has 2 aliphatic heterocycles. The fourth-order valence-corrected chi connectivity index (χ4v) is 5.45. The van der Waals surface area contributed by atoms with Crippen molar-refractivity contribution in [3.8, 4) is 0 Å². The lowest BCUT2D eigenvalue weighted by atomic mass is 9.70. The molecule has 36 heavy (non-hydrogen) atoms. The molecule has 11 nitrogen and oxygen atoms in total. The van der Waals surface area contributed by atoms with Gasteiger partial charge in [0.2, 0.25) is 0 Å². The SMILES string of the molecule is CC(=O)CCC1=C(C)CC(OC2OC(COC3OC(C)C(O)C(O)C3O)C(O)C(O)C2O)CC1(C)C. The molecule has 0 aromatic heterocycles. The minimum absolute atomic E-state index is 0.135. The first kappa shape index (κ1) is 29.6. The number of aliphatic hydroxyl groups is 6. The van der Waals surface area contributed by atoms with Gasteiger partial charge in [0, 0.05) is 6.42 Å². The van der Waals surface area contributed by atoms with Crippen LogP contribution in [-0.2, 0) is 23.7 Å². The van der Waals surface area contributed by atoms with Crippen molar-refractivity contribution in [3.05, 3.63) is 11.1 Å². The van der Waals surface area contributed by atoms with Gasteiger partial charge in [0.25, 0.3) is 0 Å². The summed E-state index contributed by atoms with van der Waals surface area (Å²) in [5, 5.41) is 61.3. The maximum Gasteiger partial charge on any atom is 0.186 e. The van der Waals surface area contributed by atoms with Crippen LogP contribution in [0.3, 0.4) is 0 Å². The number of ether oxygens (including phenoxy) is 4. The highest BCUT2D eigenvalue weighted by atomic mass is 16.7. The van der Waals surface area contributed by atoms with Crippen LogP contribution in [0.15, 0.2) is 11.1 Å².